The van der Waals surface area contributed by atoms with Gasteiger partial charge in [0.1, 0.15) is 11.9 Å². The number of fused-ring (bicyclic) bond motifs is 1. The number of carboxylic acid groups (broad SMARTS) is 1. The number of benzene rings is 1. The van der Waals surface area contributed by atoms with Crippen LogP contribution in [0, 0.1) is 5.92 Å². The zero-order chi connectivity index (χ0) is 12.4. The van der Waals surface area contributed by atoms with Gasteiger partial charge in [-0.25, -0.2) is 0 Å². The highest BCUT2D eigenvalue weighted by Gasteiger charge is 2.34. The van der Waals surface area contributed by atoms with E-state index in [1.54, 1.807) is 12.1 Å². The molecule has 1 aromatic rings. The third kappa shape index (κ3) is 2.55. The van der Waals surface area contributed by atoms with Crippen molar-refractivity contribution in [3.8, 4) is 5.75 Å². The zero-order valence-corrected chi connectivity index (χ0v) is 10.4. The van der Waals surface area contributed by atoms with E-state index in [2.05, 4.69) is 0 Å². The Labute approximate surface area is 105 Å². The maximum atomic E-state index is 11.2. The largest absolute Gasteiger partial charge is 0.489 e. The number of halogens is 1. The van der Waals surface area contributed by atoms with Crippen molar-refractivity contribution in [2.45, 2.75) is 32.3 Å². The summed E-state index contributed by atoms with van der Waals surface area (Å²) in [7, 11) is 0. The lowest BCUT2D eigenvalue weighted by atomic mass is 9.88. The molecule has 4 heteroatoms. The minimum absolute atomic E-state index is 0.230. The molecule has 0 amide bonds. The predicted octanol–water partition coefficient (Wildman–Crippen LogP) is 3.14. The van der Waals surface area contributed by atoms with E-state index in [1.807, 2.05) is 13.0 Å². The van der Waals surface area contributed by atoms with Gasteiger partial charge in [-0.2, -0.15) is 0 Å². The third-order valence-electron chi connectivity index (χ3n) is 3.08. The van der Waals surface area contributed by atoms with Gasteiger partial charge in [0.25, 0.3) is 0 Å². The second-order valence-corrected chi connectivity index (χ2v) is 4.78. The van der Waals surface area contributed by atoms with Gasteiger partial charge in [-0.1, -0.05) is 24.9 Å². The normalized spacial score (nSPS) is 22.7. The first kappa shape index (κ1) is 12.2. The van der Waals surface area contributed by atoms with Gasteiger partial charge in [-0.3, -0.25) is 4.79 Å². The highest BCUT2D eigenvalue weighted by Crippen LogP contribution is 2.34. The smallest absolute Gasteiger partial charge is 0.310 e. The molecule has 17 heavy (non-hydrogen) atoms. The number of hydrogen-bond acceptors (Lipinski definition) is 2. The average Bonchev–Trinajstić information content (AvgIpc) is 2.28. The van der Waals surface area contributed by atoms with Crippen molar-refractivity contribution >= 4 is 17.6 Å². The molecule has 1 aromatic carbocycles. The molecule has 0 aromatic heterocycles. The Morgan fingerprint density at radius 1 is 1.59 bits per heavy atom. The average molecular weight is 255 g/mol. The van der Waals surface area contributed by atoms with E-state index in [0.717, 1.165) is 24.2 Å². The van der Waals surface area contributed by atoms with Gasteiger partial charge in [-0.05, 0) is 36.6 Å². The van der Waals surface area contributed by atoms with E-state index in [4.69, 9.17) is 16.3 Å². The van der Waals surface area contributed by atoms with Gasteiger partial charge in [0.15, 0.2) is 0 Å². The molecular formula is C13H15ClO3. The number of carboxylic acids is 1. The van der Waals surface area contributed by atoms with E-state index in [1.165, 1.54) is 0 Å². The van der Waals surface area contributed by atoms with Gasteiger partial charge < -0.3 is 9.84 Å². The maximum Gasteiger partial charge on any atom is 0.310 e. The molecule has 0 fully saturated rings. The van der Waals surface area contributed by atoms with E-state index in [0.29, 0.717) is 11.4 Å². The van der Waals surface area contributed by atoms with Crippen molar-refractivity contribution in [2.75, 3.05) is 0 Å². The predicted molar refractivity (Wildman–Crippen MR) is 65.6 cm³/mol. The first-order valence-electron chi connectivity index (χ1n) is 5.79. The van der Waals surface area contributed by atoms with Gasteiger partial charge >= 0.3 is 5.97 Å². The lowest BCUT2D eigenvalue weighted by Gasteiger charge is -2.31. The van der Waals surface area contributed by atoms with Gasteiger partial charge in [0.05, 0.1) is 5.92 Å². The summed E-state index contributed by atoms with van der Waals surface area (Å²) in [5, 5.41) is 9.83. The van der Waals surface area contributed by atoms with Gasteiger partial charge in [0.2, 0.25) is 0 Å². The molecule has 0 radical (unpaired) electrons. The fourth-order valence-corrected chi connectivity index (χ4v) is 2.42. The fraction of sp³-hybridized carbons (Fsp3) is 0.462. The first-order valence-corrected chi connectivity index (χ1v) is 6.17. The number of aliphatic carboxylic acids is 1. The van der Waals surface area contributed by atoms with Gasteiger partial charge in [0, 0.05) is 5.02 Å². The van der Waals surface area contributed by atoms with E-state index in [9.17, 15) is 9.90 Å². The van der Waals surface area contributed by atoms with Crippen molar-refractivity contribution in [3.63, 3.8) is 0 Å². The molecule has 0 saturated carbocycles. The molecule has 1 aliphatic rings. The zero-order valence-electron chi connectivity index (χ0n) is 9.65. The second-order valence-electron chi connectivity index (χ2n) is 4.35. The van der Waals surface area contributed by atoms with Crippen LogP contribution in [0.5, 0.6) is 5.75 Å². The second kappa shape index (κ2) is 4.96. The summed E-state index contributed by atoms with van der Waals surface area (Å²) >= 11 is 5.90. The molecule has 1 N–H and O–H groups in total. The van der Waals surface area contributed by atoms with Crippen LogP contribution in [0.2, 0.25) is 5.02 Å². The molecule has 0 bridgehead atoms. The van der Waals surface area contributed by atoms with Crippen LogP contribution in [0.4, 0.5) is 0 Å². The van der Waals surface area contributed by atoms with Crippen LogP contribution in [-0.2, 0) is 11.2 Å². The van der Waals surface area contributed by atoms with Crippen molar-refractivity contribution < 1.29 is 14.6 Å². The topological polar surface area (TPSA) is 46.5 Å². The molecular weight excluding hydrogens is 240 g/mol. The third-order valence-corrected chi connectivity index (χ3v) is 3.31. The Bertz CT molecular complexity index is 431. The Hall–Kier alpha value is -1.22. The molecule has 3 nitrogen and oxygen atoms in total. The number of ether oxygens (including phenoxy) is 1. The molecule has 0 spiro atoms. The van der Waals surface area contributed by atoms with Crippen molar-refractivity contribution in [3.05, 3.63) is 28.8 Å². The highest BCUT2D eigenvalue weighted by atomic mass is 35.5. The summed E-state index contributed by atoms with van der Waals surface area (Å²) in [6, 6.07) is 5.37. The monoisotopic (exact) mass is 254 g/mol. The van der Waals surface area contributed by atoms with Crippen LogP contribution in [-0.4, -0.2) is 17.2 Å². The summed E-state index contributed by atoms with van der Waals surface area (Å²) in [6.07, 6.45) is 1.94. The molecule has 2 rings (SSSR count). The highest BCUT2D eigenvalue weighted by molar-refractivity contribution is 6.30. The van der Waals surface area contributed by atoms with E-state index < -0.39 is 11.9 Å². The SMILES string of the molecule is CCCC1Oc2ccc(Cl)cc2CC1C(=O)O. The molecule has 1 heterocycles. The minimum atomic E-state index is -0.797. The Kier molecular flexibility index (Phi) is 3.57. The molecule has 2 atom stereocenters. The summed E-state index contributed by atoms with van der Waals surface area (Å²) in [5.74, 6) is -0.500. The van der Waals surface area contributed by atoms with Crippen molar-refractivity contribution in [2.24, 2.45) is 5.92 Å². The number of rotatable bonds is 3. The van der Waals surface area contributed by atoms with Crippen molar-refractivity contribution in [1.29, 1.82) is 0 Å². The molecule has 0 saturated heterocycles. The van der Waals surface area contributed by atoms with Crippen LogP contribution in [0.1, 0.15) is 25.3 Å². The summed E-state index contributed by atoms with van der Waals surface area (Å²) < 4.78 is 5.76. The molecule has 0 aliphatic carbocycles. The van der Waals surface area contributed by atoms with Gasteiger partial charge in [-0.15, -0.1) is 0 Å². The molecule has 2 unspecified atom stereocenters. The van der Waals surface area contributed by atoms with E-state index in [-0.39, 0.29) is 6.10 Å². The molecule has 92 valence electrons. The van der Waals surface area contributed by atoms with Crippen LogP contribution in [0.15, 0.2) is 18.2 Å². The fourth-order valence-electron chi connectivity index (χ4n) is 2.23. The Balaban J connectivity index is 2.29. The quantitative estimate of drug-likeness (QED) is 0.901. The number of hydrogen-bond donors (Lipinski definition) is 1. The molecule has 1 aliphatic heterocycles. The van der Waals surface area contributed by atoms with E-state index >= 15 is 0 Å². The Morgan fingerprint density at radius 3 is 3.00 bits per heavy atom. The van der Waals surface area contributed by atoms with Crippen molar-refractivity contribution in [1.82, 2.24) is 0 Å². The lowest BCUT2D eigenvalue weighted by Crippen LogP contribution is -2.37. The number of carbonyl (C=O) groups is 1. The van der Waals surface area contributed by atoms with Crippen LogP contribution in [0.25, 0.3) is 0 Å². The van der Waals surface area contributed by atoms with Crippen LogP contribution < -0.4 is 4.74 Å². The Morgan fingerprint density at radius 2 is 2.35 bits per heavy atom. The lowest BCUT2D eigenvalue weighted by molar-refractivity contribution is -0.145. The minimum Gasteiger partial charge on any atom is -0.489 e. The summed E-state index contributed by atoms with van der Waals surface area (Å²) in [4.78, 5) is 11.2. The first-order chi connectivity index (χ1) is 8.11. The standard InChI is InChI=1S/C13H15ClO3/c1-2-3-12-10(13(15)16)7-8-6-9(14)4-5-11(8)17-12/h4-6,10,12H,2-3,7H2,1H3,(H,15,16). The van der Waals surface area contributed by atoms with Crippen LogP contribution in [0.3, 0.4) is 0 Å². The summed E-state index contributed by atoms with van der Waals surface area (Å²) in [6.45, 7) is 2.03. The van der Waals surface area contributed by atoms with Crippen LogP contribution >= 0.6 is 11.6 Å². The maximum absolute atomic E-state index is 11.2. The summed E-state index contributed by atoms with van der Waals surface area (Å²) in [5.41, 5.74) is 0.886.